The van der Waals surface area contributed by atoms with E-state index >= 15 is 0 Å². The molecule has 4 aromatic rings. The number of benzene rings is 3. The van der Waals surface area contributed by atoms with Crippen LogP contribution in [-0.4, -0.2) is 27.1 Å². The highest BCUT2D eigenvalue weighted by molar-refractivity contribution is 5.99. The highest BCUT2D eigenvalue weighted by Crippen LogP contribution is 2.32. The van der Waals surface area contributed by atoms with Gasteiger partial charge in [-0.3, -0.25) is 0 Å². The monoisotopic (exact) mass is 400 g/mol. The third kappa shape index (κ3) is 3.63. The van der Waals surface area contributed by atoms with Crippen molar-refractivity contribution in [3.63, 3.8) is 0 Å². The van der Waals surface area contributed by atoms with Crippen molar-refractivity contribution in [1.29, 1.82) is 0 Å². The van der Waals surface area contributed by atoms with Crippen LogP contribution in [0.5, 0.6) is 0 Å². The number of H-pyrrole nitrogens is 1. The quantitative estimate of drug-likeness (QED) is 0.358. The van der Waals surface area contributed by atoms with E-state index < -0.39 is 11.9 Å². The zero-order valence-corrected chi connectivity index (χ0v) is 16.3. The van der Waals surface area contributed by atoms with Gasteiger partial charge in [-0.05, 0) is 65.4 Å². The number of rotatable bonds is 6. The van der Waals surface area contributed by atoms with Crippen molar-refractivity contribution in [3.8, 4) is 11.1 Å². The Bertz CT molecular complexity index is 1240. The summed E-state index contributed by atoms with van der Waals surface area (Å²) in [5.41, 5.74) is 4.45. The van der Waals surface area contributed by atoms with Crippen LogP contribution in [0.2, 0.25) is 0 Å². The lowest BCUT2D eigenvalue weighted by atomic mass is 9.94. The van der Waals surface area contributed by atoms with Crippen LogP contribution >= 0.6 is 0 Å². The number of carbonyl (C=O) groups is 2. The minimum atomic E-state index is -1.15. The molecule has 0 bridgehead atoms. The van der Waals surface area contributed by atoms with Gasteiger partial charge in [-0.25, -0.2) is 9.59 Å². The molecule has 0 aliphatic heterocycles. The van der Waals surface area contributed by atoms with Gasteiger partial charge in [-0.15, -0.1) is 0 Å². The van der Waals surface area contributed by atoms with Gasteiger partial charge in [0.15, 0.2) is 0 Å². The lowest BCUT2D eigenvalue weighted by Gasteiger charge is -2.15. The minimum absolute atomic E-state index is 0.0161. The number of para-hydroxylation sites is 1. The smallest absolute Gasteiger partial charge is 0.335 e. The largest absolute Gasteiger partial charge is 0.478 e. The van der Waals surface area contributed by atoms with Crippen molar-refractivity contribution in [1.82, 2.24) is 4.98 Å². The zero-order chi connectivity index (χ0) is 21.3. The van der Waals surface area contributed by atoms with Gasteiger partial charge in [-0.2, -0.15) is 0 Å². The van der Waals surface area contributed by atoms with Crippen molar-refractivity contribution < 1.29 is 19.8 Å². The van der Waals surface area contributed by atoms with Gasteiger partial charge in [-0.1, -0.05) is 24.3 Å². The molecule has 0 amide bonds. The fourth-order valence-electron chi connectivity index (χ4n) is 3.61. The average molecular weight is 400 g/mol. The summed E-state index contributed by atoms with van der Waals surface area (Å²) in [4.78, 5) is 26.5. The predicted molar refractivity (Wildman–Crippen MR) is 116 cm³/mol. The summed E-state index contributed by atoms with van der Waals surface area (Å²) in [5, 5.41) is 23.6. The minimum Gasteiger partial charge on any atom is -0.478 e. The molecule has 0 radical (unpaired) electrons. The van der Waals surface area contributed by atoms with E-state index in [1.165, 1.54) is 19.1 Å². The first-order chi connectivity index (χ1) is 14.4. The molecule has 150 valence electrons. The molecule has 0 fully saturated rings. The maximum absolute atomic E-state index is 11.6. The number of anilines is 1. The number of hydrogen-bond acceptors (Lipinski definition) is 3. The normalized spacial score (nSPS) is 10.8. The van der Waals surface area contributed by atoms with Gasteiger partial charge >= 0.3 is 11.9 Å². The molecule has 0 saturated carbocycles. The first-order valence-corrected chi connectivity index (χ1v) is 9.44. The molecule has 3 aromatic carbocycles. The SMILES string of the molecule is Cc1c(C(=O)O)cc(-c2ccccc2NCc2ccc3[nH]ccc3c2)cc1C(=O)O. The number of aromatic nitrogens is 1. The fourth-order valence-corrected chi connectivity index (χ4v) is 3.61. The second-order valence-corrected chi connectivity index (χ2v) is 7.11. The Kier molecular flexibility index (Phi) is 4.98. The van der Waals surface area contributed by atoms with Crippen molar-refractivity contribution in [3.05, 3.63) is 89.1 Å². The number of fused-ring (bicyclic) bond motifs is 1. The van der Waals surface area contributed by atoms with Crippen molar-refractivity contribution in [2.24, 2.45) is 0 Å². The average Bonchev–Trinajstić information content (AvgIpc) is 3.20. The fraction of sp³-hybridized carbons (Fsp3) is 0.0833. The molecule has 0 atom stereocenters. The molecule has 0 unspecified atom stereocenters. The van der Waals surface area contributed by atoms with Crippen LogP contribution in [0.15, 0.2) is 66.9 Å². The topological polar surface area (TPSA) is 102 Å². The molecule has 1 heterocycles. The summed E-state index contributed by atoms with van der Waals surface area (Å²) in [6, 6.07) is 18.7. The molecule has 6 heteroatoms. The van der Waals surface area contributed by atoms with Crippen molar-refractivity contribution >= 4 is 28.5 Å². The standard InChI is InChI=1S/C24H20N2O4/c1-14-19(23(27)28)11-17(12-20(14)24(29)30)18-4-2-3-5-22(18)26-13-15-6-7-21-16(10-15)8-9-25-21/h2-12,25-26H,13H2,1H3,(H,27,28)(H,29,30). The summed E-state index contributed by atoms with van der Waals surface area (Å²) in [6.07, 6.45) is 1.90. The Morgan fingerprint density at radius 1 is 0.933 bits per heavy atom. The van der Waals surface area contributed by atoms with Gasteiger partial charge in [0.25, 0.3) is 0 Å². The molecule has 4 N–H and O–H groups in total. The molecule has 0 saturated heterocycles. The molecule has 0 aliphatic carbocycles. The van der Waals surface area contributed by atoms with E-state index in [4.69, 9.17) is 0 Å². The summed E-state index contributed by atoms with van der Waals surface area (Å²) < 4.78 is 0. The van der Waals surface area contributed by atoms with E-state index in [9.17, 15) is 19.8 Å². The number of carboxylic acids is 2. The van der Waals surface area contributed by atoms with Gasteiger partial charge < -0.3 is 20.5 Å². The van der Waals surface area contributed by atoms with Gasteiger partial charge in [0.2, 0.25) is 0 Å². The Morgan fingerprint density at radius 3 is 2.33 bits per heavy atom. The van der Waals surface area contributed by atoms with Crippen LogP contribution < -0.4 is 5.32 Å². The molecule has 30 heavy (non-hydrogen) atoms. The summed E-state index contributed by atoms with van der Waals surface area (Å²) in [7, 11) is 0. The highest BCUT2D eigenvalue weighted by atomic mass is 16.4. The molecular formula is C24H20N2O4. The van der Waals surface area contributed by atoms with E-state index in [1.54, 1.807) is 0 Å². The number of nitrogens with one attached hydrogen (secondary N) is 2. The highest BCUT2D eigenvalue weighted by Gasteiger charge is 2.18. The Balaban J connectivity index is 1.71. The van der Waals surface area contributed by atoms with Gasteiger partial charge in [0, 0.05) is 29.5 Å². The van der Waals surface area contributed by atoms with Crippen LogP contribution in [0.4, 0.5) is 5.69 Å². The van der Waals surface area contributed by atoms with Gasteiger partial charge in [0.1, 0.15) is 0 Å². The van der Waals surface area contributed by atoms with Crippen LogP contribution in [0.3, 0.4) is 0 Å². The first kappa shape index (κ1) is 19.3. The van der Waals surface area contributed by atoms with Crippen LogP contribution in [-0.2, 0) is 6.54 Å². The summed E-state index contributed by atoms with van der Waals surface area (Å²) in [6.45, 7) is 2.08. The molecule has 0 aliphatic rings. The summed E-state index contributed by atoms with van der Waals surface area (Å²) in [5.74, 6) is -2.30. The van der Waals surface area contributed by atoms with Crippen molar-refractivity contribution in [2.45, 2.75) is 13.5 Å². The van der Waals surface area contributed by atoms with Crippen LogP contribution in [0.1, 0.15) is 31.8 Å². The summed E-state index contributed by atoms with van der Waals surface area (Å²) >= 11 is 0. The number of hydrogen-bond donors (Lipinski definition) is 4. The van der Waals surface area contributed by atoms with Crippen LogP contribution in [0, 0.1) is 6.92 Å². The molecule has 0 spiro atoms. The van der Waals surface area contributed by atoms with Gasteiger partial charge in [0.05, 0.1) is 11.1 Å². The van der Waals surface area contributed by atoms with E-state index in [-0.39, 0.29) is 16.7 Å². The maximum atomic E-state index is 11.6. The lowest BCUT2D eigenvalue weighted by molar-refractivity contribution is 0.0696. The molecular weight excluding hydrogens is 380 g/mol. The number of aromatic carboxylic acids is 2. The lowest BCUT2D eigenvalue weighted by Crippen LogP contribution is -2.08. The maximum Gasteiger partial charge on any atom is 0.335 e. The Morgan fingerprint density at radius 2 is 1.63 bits per heavy atom. The second-order valence-electron chi connectivity index (χ2n) is 7.11. The van der Waals surface area contributed by atoms with Crippen LogP contribution in [0.25, 0.3) is 22.0 Å². The third-order valence-electron chi connectivity index (χ3n) is 5.21. The first-order valence-electron chi connectivity index (χ1n) is 9.44. The zero-order valence-electron chi connectivity index (χ0n) is 16.3. The van der Waals surface area contributed by atoms with E-state index in [0.717, 1.165) is 27.7 Å². The second kappa shape index (κ2) is 7.75. The molecule has 6 nitrogen and oxygen atoms in total. The Labute approximate surface area is 172 Å². The van der Waals surface area contributed by atoms with Crippen molar-refractivity contribution in [2.75, 3.05) is 5.32 Å². The molecule has 1 aromatic heterocycles. The number of aromatic amines is 1. The Hall–Kier alpha value is -4.06. The number of carboxylic acid groups (broad SMARTS) is 2. The molecule has 4 rings (SSSR count). The van der Waals surface area contributed by atoms with E-state index in [1.807, 2.05) is 48.7 Å². The van der Waals surface area contributed by atoms with E-state index in [0.29, 0.717) is 12.1 Å². The predicted octanol–water partition coefficient (Wildman–Crippen LogP) is 5.15. The third-order valence-corrected chi connectivity index (χ3v) is 5.21. The van der Waals surface area contributed by atoms with E-state index in [2.05, 4.69) is 16.4 Å².